The standard InChI is InChI=1S/C6H9NO2/c1-6(8)9-5-3-2-4-7/h2,4,7H2,1H3. The van der Waals surface area contributed by atoms with Gasteiger partial charge < -0.3 is 10.5 Å². The Morgan fingerprint density at radius 2 is 2.44 bits per heavy atom. The fraction of sp³-hybridized carbons (Fsp3) is 0.500. The summed E-state index contributed by atoms with van der Waals surface area (Å²) < 4.78 is 4.29. The first-order valence-corrected chi connectivity index (χ1v) is 2.62. The Kier molecular flexibility index (Phi) is 4.56. The van der Waals surface area contributed by atoms with Crippen LogP contribution >= 0.6 is 0 Å². The molecule has 9 heavy (non-hydrogen) atoms. The number of nitrogens with two attached hydrogens (primary N) is 1. The second-order valence-electron chi connectivity index (χ2n) is 1.41. The largest absolute Gasteiger partial charge is 0.372 e. The number of esters is 1. The van der Waals surface area contributed by atoms with Crippen LogP contribution in [0.5, 0.6) is 0 Å². The van der Waals surface area contributed by atoms with Gasteiger partial charge in [-0.3, -0.25) is 4.79 Å². The Bertz CT molecular complexity index is 143. The van der Waals surface area contributed by atoms with Crippen LogP contribution in [0.2, 0.25) is 0 Å². The molecule has 0 aliphatic carbocycles. The van der Waals surface area contributed by atoms with Crippen molar-refractivity contribution in [2.75, 3.05) is 6.54 Å². The summed E-state index contributed by atoms with van der Waals surface area (Å²) in [7, 11) is 0. The Balaban J connectivity index is 3.26. The molecule has 0 saturated carbocycles. The maximum absolute atomic E-state index is 10.1. The second kappa shape index (κ2) is 5.13. The molecule has 0 unspecified atom stereocenters. The smallest absolute Gasteiger partial charge is 0.316 e. The predicted molar refractivity (Wildman–Crippen MR) is 33.2 cm³/mol. The molecule has 3 heteroatoms. The second-order valence-corrected chi connectivity index (χ2v) is 1.41. The molecule has 2 N–H and O–H groups in total. The summed E-state index contributed by atoms with van der Waals surface area (Å²) >= 11 is 0. The zero-order valence-corrected chi connectivity index (χ0v) is 5.31. The molecule has 0 saturated heterocycles. The summed E-state index contributed by atoms with van der Waals surface area (Å²) in [6, 6.07) is 0. The van der Waals surface area contributed by atoms with E-state index in [4.69, 9.17) is 5.73 Å². The molecule has 0 rings (SSSR count). The van der Waals surface area contributed by atoms with Crippen LogP contribution in [-0.2, 0) is 9.53 Å². The number of carbonyl (C=O) groups is 1. The van der Waals surface area contributed by atoms with Gasteiger partial charge in [-0.1, -0.05) is 5.92 Å². The van der Waals surface area contributed by atoms with Crippen LogP contribution in [0.4, 0.5) is 0 Å². The molecule has 50 valence electrons. The van der Waals surface area contributed by atoms with E-state index in [2.05, 4.69) is 16.8 Å². The highest BCUT2D eigenvalue weighted by atomic mass is 16.5. The summed E-state index contributed by atoms with van der Waals surface area (Å²) in [4.78, 5) is 10.1. The van der Waals surface area contributed by atoms with E-state index in [0.717, 1.165) is 0 Å². The summed E-state index contributed by atoms with van der Waals surface area (Å²) in [6.07, 6.45) is 2.77. The van der Waals surface area contributed by atoms with Crippen LogP contribution in [0, 0.1) is 12.0 Å². The Morgan fingerprint density at radius 1 is 1.78 bits per heavy atom. The Morgan fingerprint density at radius 3 is 2.89 bits per heavy atom. The van der Waals surface area contributed by atoms with Gasteiger partial charge in [-0.15, -0.1) is 0 Å². The van der Waals surface area contributed by atoms with E-state index >= 15 is 0 Å². The molecule has 0 amide bonds. The summed E-state index contributed by atoms with van der Waals surface area (Å²) in [5.41, 5.74) is 5.10. The zero-order chi connectivity index (χ0) is 7.11. The maximum Gasteiger partial charge on any atom is 0.316 e. The minimum Gasteiger partial charge on any atom is -0.372 e. The van der Waals surface area contributed by atoms with Crippen molar-refractivity contribution in [3.05, 3.63) is 0 Å². The topological polar surface area (TPSA) is 52.3 Å². The van der Waals surface area contributed by atoms with Crippen LogP contribution in [0.25, 0.3) is 0 Å². The Labute approximate surface area is 54.2 Å². The third-order valence-corrected chi connectivity index (χ3v) is 0.536. The molecule has 0 heterocycles. The number of hydrogen-bond donors (Lipinski definition) is 1. The minimum atomic E-state index is -0.389. The van der Waals surface area contributed by atoms with E-state index in [1.807, 2.05) is 0 Å². The van der Waals surface area contributed by atoms with Gasteiger partial charge in [0.2, 0.25) is 0 Å². The highest BCUT2D eigenvalue weighted by Gasteiger charge is 1.82. The van der Waals surface area contributed by atoms with Gasteiger partial charge in [0.25, 0.3) is 0 Å². The fourth-order valence-corrected chi connectivity index (χ4v) is 0.231. The van der Waals surface area contributed by atoms with E-state index in [-0.39, 0.29) is 5.97 Å². The van der Waals surface area contributed by atoms with Crippen molar-refractivity contribution in [3.8, 4) is 12.0 Å². The van der Waals surface area contributed by atoms with Crippen molar-refractivity contribution in [1.29, 1.82) is 0 Å². The maximum atomic E-state index is 10.1. The van der Waals surface area contributed by atoms with Crippen LogP contribution in [0.1, 0.15) is 13.3 Å². The molecular weight excluding hydrogens is 118 g/mol. The highest BCUT2D eigenvalue weighted by molar-refractivity contribution is 5.67. The van der Waals surface area contributed by atoms with E-state index in [1.165, 1.54) is 6.92 Å². The molecule has 0 aromatic carbocycles. The average molecular weight is 127 g/mol. The molecule has 0 spiro atoms. The first kappa shape index (κ1) is 7.99. The first-order chi connectivity index (χ1) is 4.27. The molecule has 0 atom stereocenters. The number of carbonyl (C=O) groups excluding carboxylic acids is 1. The van der Waals surface area contributed by atoms with Crippen LogP contribution < -0.4 is 5.73 Å². The van der Waals surface area contributed by atoms with Crippen molar-refractivity contribution in [2.24, 2.45) is 5.73 Å². The molecule has 0 bridgehead atoms. The van der Waals surface area contributed by atoms with Gasteiger partial charge in [-0.2, -0.15) is 0 Å². The lowest BCUT2D eigenvalue weighted by Gasteiger charge is -1.82. The van der Waals surface area contributed by atoms with Gasteiger partial charge in [-0.05, 0) is 0 Å². The first-order valence-electron chi connectivity index (χ1n) is 2.62. The van der Waals surface area contributed by atoms with Crippen LogP contribution in [0.15, 0.2) is 0 Å². The molecule has 0 aromatic rings. The average Bonchev–Trinajstić information content (AvgIpc) is 1.80. The lowest BCUT2D eigenvalue weighted by atomic mass is 10.5. The Hall–Kier alpha value is -1.01. The molecular formula is C6H9NO2. The van der Waals surface area contributed by atoms with E-state index in [9.17, 15) is 4.79 Å². The van der Waals surface area contributed by atoms with Crippen molar-refractivity contribution in [3.63, 3.8) is 0 Å². The van der Waals surface area contributed by atoms with Crippen LogP contribution in [0.3, 0.4) is 0 Å². The lowest BCUT2D eigenvalue weighted by Crippen LogP contribution is -1.96. The van der Waals surface area contributed by atoms with Gasteiger partial charge in [0.05, 0.1) is 0 Å². The van der Waals surface area contributed by atoms with Gasteiger partial charge >= 0.3 is 5.97 Å². The van der Waals surface area contributed by atoms with Gasteiger partial charge in [0, 0.05) is 19.9 Å². The molecule has 0 aliphatic rings. The third kappa shape index (κ3) is 6.99. The molecule has 0 radical (unpaired) electrons. The van der Waals surface area contributed by atoms with Crippen molar-refractivity contribution < 1.29 is 9.53 Å². The normalized spacial score (nSPS) is 7.33. The molecule has 0 fully saturated rings. The monoisotopic (exact) mass is 127 g/mol. The minimum absolute atomic E-state index is 0.389. The predicted octanol–water partition coefficient (Wildman–Crippen LogP) is -0.141. The van der Waals surface area contributed by atoms with E-state index < -0.39 is 0 Å². The highest BCUT2D eigenvalue weighted by Crippen LogP contribution is 1.71. The quantitative estimate of drug-likeness (QED) is 0.394. The van der Waals surface area contributed by atoms with Gasteiger partial charge in [0.15, 0.2) is 0 Å². The molecule has 3 nitrogen and oxygen atoms in total. The van der Waals surface area contributed by atoms with Crippen molar-refractivity contribution >= 4 is 5.97 Å². The summed E-state index contributed by atoms with van der Waals surface area (Å²) in [5, 5.41) is 0. The number of rotatable bonds is 1. The summed E-state index contributed by atoms with van der Waals surface area (Å²) in [5.74, 6) is 2.16. The van der Waals surface area contributed by atoms with Crippen LogP contribution in [-0.4, -0.2) is 12.5 Å². The molecule has 0 aromatic heterocycles. The van der Waals surface area contributed by atoms with E-state index in [0.29, 0.717) is 13.0 Å². The van der Waals surface area contributed by atoms with Gasteiger partial charge in [-0.25, -0.2) is 0 Å². The van der Waals surface area contributed by atoms with Gasteiger partial charge in [0.1, 0.15) is 6.11 Å². The number of hydrogen-bond acceptors (Lipinski definition) is 3. The SMILES string of the molecule is CC(=O)OC#CCCN. The fourth-order valence-electron chi connectivity index (χ4n) is 0.231. The zero-order valence-electron chi connectivity index (χ0n) is 5.31. The third-order valence-electron chi connectivity index (χ3n) is 0.536. The molecule has 0 aliphatic heterocycles. The lowest BCUT2D eigenvalue weighted by molar-refractivity contribution is -0.134. The van der Waals surface area contributed by atoms with E-state index in [1.54, 1.807) is 0 Å². The van der Waals surface area contributed by atoms with Crippen molar-refractivity contribution in [1.82, 2.24) is 0 Å². The number of ether oxygens (including phenoxy) is 1. The summed E-state index contributed by atoms with van der Waals surface area (Å²) in [6.45, 7) is 1.80. The van der Waals surface area contributed by atoms with Crippen molar-refractivity contribution in [2.45, 2.75) is 13.3 Å².